The lowest BCUT2D eigenvalue weighted by molar-refractivity contribution is -0.118. The number of ether oxygens (including phenoxy) is 1. The summed E-state index contributed by atoms with van der Waals surface area (Å²) in [6, 6.07) is 0. The van der Waals surface area contributed by atoms with Gasteiger partial charge in [-0.1, -0.05) is 0 Å². The summed E-state index contributed by atoms with van der Waals surface area (Å²) >= 11 is 0. The number of methoxy groups -OCH3 is 1. The van der Waals surface area contributed by atoms with Crippen molar-refractivity contribution in [2.75, 3.05) is 28.1 Å². The van der Waals surface area contributed by atoms with E-state index in [9.17, 15) is 9.36 Å². The minimum absolute atomic E-state index is 0.0782. The van der Waals surface area contributed by atoms with Crippen molar-refractivity contribution >= 4 is 13.7 Å². The highest BCUT2D eigenvalue weighted by atomic mass is 31.2. The highest BCUT2D eigenvalue weighted by Crippen LogP contribution is 2.49. The van der Waals surface area contributed by atoms with E-state index in [4.69, 9.17) is 4.52 Å². The summed E-state index contributed by atoms with van der Waals surface area (Å²) in [5.41, 5.74) is 0. The van der Waals surface area contributed by atoms with E-state index in [1.54, 1.807) is 0 Å². The maximum Gasteiger partial charge on any atom is 0.529 e. The van der Waals surface area contributed by atoms with Crippen LogP contribution in [0.2, 0.25) is 0 Å². The van der Waals surface area contributed by atoms with E-state index in [2.05, 4.69) is 19.1 Å². The lowest BCUT2D eigenvalue weighted by atomic mass is 10.4. The fourth-order valence-corrected chi connectivity index (χ4v) is 1.43. The van der Waals surface area contributed by atoms with Gasteiger partial charge in [0.2, 0.25) is 5.91 Å². The van der Waals surface area contributed by atoms with E-state index in [0.29, 0.717) is 0 Å². The highest BCUT2D eigenvalue weighted by Gasteiger charge is 2.24. The van der Waals surface area contributed by atoms with Crippen molar-refractivity contribution in [1.29, 1.82) is 0 Å². The van der Waals surface area contributed by atoms with Crippen LogP contribution in [0, 0.1) is 0 Å². The molecule has 0 aliphatic carbocycles. The van der Waals surface area contributed by atoms with Crippen molar-refractivity contribution < 1.29 is 27.7 Å². The third-order valence-corrected chi connectivity index (χ3v) is 2.83. The monoisotopic (exact) mass is 253 g/mol. The summed E-state index contributed by atoms with van der Waals surface area (Å²) in [4.78, 5) is 11.2. The van der Waals surface area contributed by atoms with Crippen LogP contribution in [-0.2, 0) is 27.7 Å². The van der Waals surface area contributed by atoms with E-state index in [-0.39, 0.29) is 12.5 Å². The number of carbonyl (C=O) groups excluding carboxylic acids is 1. The van der Waals surface area contributed by atoms with Gasteiger partial charge in [0.1, 0.15) is 12.5 Å². The lowest BCUT2D eigenvalue weighted by Crippen LogP contribution is -2.23. The van der Waals surface area contributed by atoms with Gasteiger partial charge in [-0.15, -0.1) is 0 Å². The average molecular weight is 253 g/mol. The molecule has 0 fully saturated rings. The minimum Gasteiger partial charge on any atom is -0.409 e. The molecular weight excluding hydrogens is 237 g/mol. The van der Waals surface area contributed by atoms with Gasteiger partial charge in [0.05, 0.1) is 0 Å². The third-order valence-electron chi connectivity index (χ3n) is 1.43. The highest BCUT2D eigenvalue weighted by molar-refractivity contribution is 7.48. The number of carbonyl (C=O) groups is 1. The molecule has 0 atom stereocenters. The molecule has 0 aromatic carbocycles. The van der Waals surface area contributed by atoms with Crippen LogP contribution >= 0.6 is 7.82 Å². The number of hydrogen-bond acceptors (Lipinski definition) is 6. The van der Waals surface area contributed by atoms with Gasteiger partial charge >= 0.3 is 7.82 Å². The van der Waals surface area contributed by atoms with E-state index in [1.807, 2.05) is 0 Å². The molecule has 0 aromatic heterocycles. The molecule has 1 N–H and O–H groups in total. The molecule has 94 valence electrons. The fourth-order valence-electron chi connectivity index (χ4n) is 0.731. The van der Waals surface area contributed by atoms with Gasteiger partial charge < -0.3 is 14.6 Å². The first-order valence-corrected chi connectivity index (χ1v) is 5.79. The Bertz CT molecular complexity index is 295. The Labute approximate surface area is 94.3 Å². The quantitative estimate of drug-likeness (QED) is 0.316. The van der Waals surface area contributed by atoms with Crippen LogP contribution in [0.25, 0.3) is 0 Å². The zero-order valence-corrected chi connectivity index (χ0v) is 10.6. The van der Waals surface area contributed by atoms with E-state index in [0.717, 1.165) is 6.08 Å². The maximum absolute atomic E-state index is 11.5. The van der Waals surface area contributed by atoms with Gasteiger partial charge in [-0.05, 0) is 6.92 Å². The summed E-state index contributed by atoms with van der Waals surface area (Å²) in [7, 11) is 0.209. The standard InChI is InChI=1S/C8H16NO6P/c1-7(5-8(10)9-6-12-2)15-16(11,13-3)14-4/h5H,6H2,1-4H3,(H,9,10). The van der Waals surface area contributed by atoms with Crippen LogP contribution in [0.5, 0.6) is 0 Å². The molecule has 0 heterocycles. The number of phosphoric ester groups is 1. The number of amides is 1. The first kappa shape index (κ1) is 15.1. The molecule has 0 saturated carbocycles. The molecule has 0 aliphatic heterocycles. The Hall–Kier alpha value is -0.880. The maximum atomic E-state index is 11.5. The zero-order valence-electron chi connectivity index (χ0n) is 9.68. The fraction of sp³-hybridized carbons (Fsp3) is 0.625. The van der Waals surface area contributed by atoms with Crippen LogP contribution in [0.3, 0.4) is 0 Å². The first-order chi connectivity index (χ1) is 7.47. The lowest BCUT2D eigenvalue weighted by Gasteiger charge is -2.14. The largest absolute Gasteiger partial charge is 0.529 e. The average Bonchev–Trinajstić information content (AvgIpc) is 2.25. The molecule has 0 saturated heterocycles. The topological polar surface area (TPSA) is 83.1 Å². The molecule has 0 aliphatic rings. The smallest absolute Gasteiger partial charge is 0.409 e. The zero-order chi connectivity index (χ0) is 12.6. The Morgan fingerprint density at radius 3 is 2.31 bits per heavy atom. The normalized spacial score (nSPS) is 12.4. The second-order valence-electron chi connectivity index (χ2n) is 2.63. The van der Waals surface area contributed by atoms with Gasteiger partial charge in [-0.3, -0.25) is 13.8 Å². The van der Waals surface area contributed by atoms with Crippen LogP contribution in [0.1, 0.15) is 6.92 Å². The van der Waals surface area contributed by atoms with Gasteiger partial charge in [0.25, 0.3) is 0 Å². The van der Waals surface area contributed by atoms with Crippen LogP contribution in [0.4, 0.5) is 0 Å². The Morgan fingerprint density at radius 2 is 1.88 bits per heavy atom. The predicted octanol–water partition coefficient (Wildman–Crippen LogP) is 1.03. The molecule has 0 spiro atoms. The SMILES string of the molecule is COCNC(=O)C=C(C)OP(=O)(OC)OC. The molecule has 0 bridgehead atoms. The predicted molar refractivity (Wildman–Crippen MR) is 56.5 cm³/mol. The molecule has 8 heteroatoms. The summed E-state index contributed by atoms with van der Waals surface area (Å²) in [5, 5.41) is 2.40. The molecular formula is C8H16NO6P. The van der Waals surface area contributed by atoms with Crippen molar-refractivity contribution in [2.24, 2.45) is 0 Å². The molecule has 1 amide bonds. The number of nitrogens with one attached hydrogen (secondary N) is 1. The number of hydrogen-bond donors (Lipinski definition) is 1. The van der Waals surface area contributed by atoms with Crippen LogP contribution in [-0.4, -0.2) is 34.0 Å². The van der Waals surface area contributed by atoms with E-state index < -0.39 is 13.7 Å². The number of rotatable bonds is 7. The molecule has 0 unspecified atom stereocenters. The summed E-state index contributed by atoms with van der Waals surface area (Å²) in [6.07, 6.45) is 1.11. The van der Waals surface area contributed by atoms with Crippen molar-refractivity contribution in [1.82, 2.24) is 5.32 Å². The second-order valence-corrected chi connectivity index (χ2v) is 4.44. The van der Waals surface area contributed by atoms with Gasteiger partial charge in [0, 0.05) is 27.4 Å². The molecule has 0 rings (SSSR count). The summed E-state index contributed by atoms with van der Waals surface area (Å²) in [6.45, 7) is 1.53. The number of allylic oxidation sites excluding steroid dienone is 1. The summed E-state index contributed by atoms with van der Waals surface area (Å²) < 4.78 is 30.0. The molecule has 7 nitrogen and oxygen atoms in total. The Morgan fingerprint density at radius 1 is 1.31 bits per heavy atom. The van der Waals surface area contributed by atoms with Gasteiger partial charge in [-0.25, -0.2) is 4.57 Å². The number of phosphoric acid groups is 1. The van der Waals surface area contributed by atoms with Crippen LogP contribution in [0.15, 0.2) is 11.8 Å². The molecule has 16 heavy (non-hydrogen) atoms. The summed E-state index contributed by atoms with van der Waals surface area (Å²) in [5.74, 6) is -0.321. The Kier molecular flexibility index (Phi) is 7.00. The second kappa shape index (κ2) is 7.40. The van der Waals surface area contributed by atoms with Crippen molar-refractivity contribution in [2.45, 2.75) is 6.92 Å². The molecule has 0 radical (unpaired) electrons. The molecule has 0 aromatic rings. The van der Waals surface area contributed by atoms with Crippen molar-refractivity contribution in [3.05, 3.63) is 11.8 Å². The van der Waals surface area contributed by atoms with Gasteiger partial charge in [-0.2, -0.15) is 0 Å². The van der Waals surface area contributed by atoms with Crippen LogP contribution < -0.4 is 5.32 Å². The van der Waals surface area contributed by atoms with E-state index >= 15 is 0 Å². The van der Waals surface area contributed by atoms with Crippen molar-refractivity contribution in [3.63, 3.8) is 0 Å². The van der Waals surface area contributed by atoms with Gasteiger partial charge in [0.15, 0.2) is 0 Å². The van der Waals surface area contributed by atoms with Crippen molar-refractivity contribution in [3.8, 4) is 0 Å². The van der Waals surface area contributed by atoms with E-state index in [1.165, 1.54) is 28.3 Å². The first-order valence-electron chi connectivity index (χ1n) is 4.33. The Balaban J connectivity index is 4.33. The minimum atomic E-state index is -3.60. The third kappa shape index (κ3) is 5.87.